The number of hydrogen-bond acceptors (Lipinski definition) is 4. The van der Waals surface area contributed by atoms with Crippen molar-refractivity contribution in [2.24, 2.45) is 0 Å². The number of benzene rings is 1. The topological polar surface area (TPSA) is 72.5 Å². The summed E-state index contributed by atoms with van der Waals surface area (Å²) >= 11 is 0. The van der Waals surface area contributed by atoms with Gasteiger partial charge in [-0.2, -0.15) is 13.2 Å². The molecule has 9 heteroatoms. The van der Waals surface area contributed by atoms with E-state index in [1.54, 1.807) is 6.92 Å². The molecule has 5 nitrogen and oxygen atoms in total. The summed E-state index contributed by atoms with van der Waals surface area (Å²) in [5.74, 6) is 0. The molecule has 0 aliphatic rings. The van der Waals surface area contributed by atoms with Crippen molar-refractivity contribution in [2.75, 3.05) is 18.2 Å². The molecule has 0 atom stereocenters. The Morgan fingerprint density at radius 3 is 2.45 bits per heavy atom. The Morgan fingerprint density at radius 2 is 1.95 bits per heavy atom. The fourth-order valence-corrected chi connectivity index (χ4v) is 1.91. The predicted octanol–water partition coefficient (Wildman–Crippen LogP) is 2.51. The third-order valence-electron chi connectivity index (χ3n) is 2.24. The average molecular weight is 311 g/mol. The molecule has 0 aliphatic heterocycles. The van der Waals surface area contributed by atoms with Crippen LogP contribution < -0.4 is 5.32 Å². The lowest BCUT2D eigenvalue weighted by Gasteiger charge is -2.11. The second-order valence-corrected chi connectivity index (χ2v) is 6.08. The largest absolute Gasteiger partial charge is 0.440 e. The number of ether oxygens (including phenoxy) is 1. The monoisotopic (exact) mass is 311 g/mol. The van der Waals surface area contributed by atoms with Crippen molar-refractivity contribution < 1.29 is 31.1 Å². The van der Waals surface area contributed by atoms with Gasteiger partial charge in [-0.1, -0.05) is 6.07 Å². The zero-order chi connectivity index (χ0) is 15.6. The van der Waals surface area contributed by atoms with E-state index < -0.39 is 28.7 Å². The summed E-state index contributed by atoms with van der Waals surface area (Å²) in [4.78, 5) is 11.1. The maximum atomic E-state index is 11.9. The van der Waals surface area contributed by atoms with Crippen LogP contribution in [0.2, 0.25) is 0 Å². The van der Waals surface area contributed by atoms with E-state index in [-0.39, 0.29) is 10.6 Å². The van der Waals surface area contributed by atoms with Crippen LogP contribution in [0.25, 0.3) is 0 Å². The molecule has 1 aromatic rings. The van der Waals surface area contributed by atoms with Gasteiger partial charge in [-0.3, -0.25) is 5.32 Å². The van der Waals surface area contributed by atoms with Crippen LogP contribution >= 0.6 is 0 Å². The molecule has 0 fully saturated rings. The van der Waals surface area contributed by atoms with Gasteiger partial charge >= 0.3 is 12.3 Å². The highest BCUT2D eigenvalue weighted by molar-refractivity contribution is 7.90. The number of anilines is 1. The number of nitrogens with one attached hydrogen (secondary N) is 1. The Labute approximate surface area is 113 Å². The third kappa shape index (κ3) is 5.08. The van der Waals surface area contributed by atoms with E-state index >= 15 is 0 Å². The van der Waals surface area contributed by atoms with Gasteiger partial charge in [-0.25, -0.2) is 13.2 Å². The van der Waals surface area contributed by atoms with Gasteiger partial charge in [-0.05, 0) is 24.6 Å². The molecule has 0 spiro atoms. The van der Waals surface area contributed by atoms with Gasteiger partial charge in [0.2, 0.25) is 0 Å². The standard InChI is InChI=1S/C11H12F3NO4S/c1-7-3-4-8(20(2,17)18)5-9(7)15-10(16)19-6-11(12,13)14/h3-5H,6H2,1-2H3,(H,15,16). The molecule has 0 aromatic heterocycles. The lowest BCUT2D eigenvalue weighted by atomic mass is 10.2. The zero-order valence-electron chi connectivity index (χ0n) is 10.6. The SMILES string of the molecule is Cc1ccc(S(C)(=O)=O)cc1NC(=O)OCC(F)(F)F. The van der Waals surface area contributed by atoms with Crippen LogP contribution in [0.4, 0.5) is 23.7 Å². The Hall–Kier alpha value is -1.77. The molecule has 0 heterocycles. The molecular weight excluding hydrogens is 299 g/mol. The van der Waals surface area contributed by atoms with E-state index in [2.05, 4.69) is 10.1 Å². The molecule has 0 unspecified atom stereocenters. The summed E-state index contributed by atoms with van der Waals surface area (Å²) in [6, 6.07) is 3.91. The minimum absolute atomic E-state index is 0.0609. The van der Waals surface area contributed by atoms with Gasteiger partial charge in [0.1, 0.15) is 0 Å². The van der Waals surface area contributed by atoms with Gasteiger partial charge in [0.25, 0.3) is 0 Å². The second-order valence-electron chi connectivity index (χ2n) is 4.07. The summed E-state index contributed by atoms with van der Waals surface area (Å²) in [6.45, 7) is -0.158. The van der Waals surface area contributed by atoms with Crippen molar-refractivity contribution >= 4 is 21.6 Å². The highest BCUT2D eigenvalue weighted by Crippen LogP contribution is 2.21. The lowest BCUT2D eigenvalue weighted by Crippen LogP contribution is -2.23. The number of hydrogen-bond donors (Lipinski definition) is 1. The van der Waals surface area contributed by atoms with E-state index in [4.69, 9.17) is 0 Å². The van der Waals surface area contributed by atoms with Crippen molar-refractivity contribution in [1.82, 2.24) is 0 Å². The van der Waals surface area contributed by atoms with E-state index in [0.717, 1.165) is 12.3 Å². The molecule has 1 N–H and O–H groups in total. The predicted molar refractivity (Wildman–Crippen MR) is 65.3 cm³/mol. The Balaban J connectivity index is 2.85. The first kappa shape index (κ1) is 16.3. The first-order valence-corrected chi connectivity index (χ1v) is 7.19. The van der Waals surface area contributed by atoms with Gasteiger partial charge in [0.05, 0.1) is 4.90 Å². The van der Waals surface area contributed by atoms with E-state index in [1.807, 2.05) is 0 Å². The number of halogens is 3. The number of amides is 1. The van der Waals surface area contributed by atoms with E-state index in [1.165, 1.54) is 12.1 Å². The molecular formula is C11H12F3NO4S. The number of carbonyl (C=O) groups excluding carboxylic acids is 1. The van der Waals surface area contributed by atoms with Crippen molar-refractivity contribution in [2.45, 2.75) is 18.0 Å². The first-order valence-electron chi connectivity index (χ1n) is 5.30. The van der Waals surface area contributed by atoms with Crippen LogP contribution in [0.1, 0.15) is 5.56 Å². The van der Waals surface area contributed by atoms with Gasteiger partial charge in [0, 0.05) is 11.9 Å². The maximum Gasteiger partial charge on any atom is 0.422 e. The molecule has 0 bridgehead atoms. The lowest BCUT2D eigenvalue weighted by molar-refractivity contribution is -0.159. The molecule has 0 saturated carbocycles. The fraction of sp³-hybridized carbons (Fsp3) is 0.364. The Bertz CT molecular complexity index is 611. The van der Waals surface area contributed by atoms with Crippen molar-refractivity contribution in [1.29, 1.82) is 0 Å². The van der Waals surface area contributed by atoms with Crippen molar-refractivity contribution in [3.63, 3.8) is 0 Å². The van der Waals surface area contributed by atoms with Crippen molar-refractivity contribution in [3.05, 3.63) is 23.8 Å². The number of aryl methyl sites for hydroxylation is 1. The maximum absolute atomic E-state index is 11.9. The quantitative estimate of drug-likeness (QED) is 0.931. The molecule has 0 aliphatic carbocycles. The first-order chi connectivity index (χ1) is 8.99. The summed E-state index contributed by atoms with van der Waals surface area (Å²) < 4.78 is 62.3. The van der Waals surface area contributed by atoms with Crippen LogP contribution in [0, 0.1) is 6.92 Å². The number of rotatable bonds is 3. The van der Waals surface area contributed by atoms with Crippen LogP contribution in [-0.2, 0) is 14.6 Å². The molecule has 0 saturated heterocycles. The van der Waals surface area contributed by atoms with E-state index in [0.29, 0.717) is 5.56 Å². The molecule has 1 rings (SSSR count). The van der Waals surface area contributed by atoms with E-state index in [9.17, 15) is 26.4 Å². The Kier molecular flexibility index (Phi) is 4.64. The molecule has 1 amide bonds. The summed E-state index contributed by atoms with van der Waals surface area (Å²) in [7, 11) is -3.49. The molecule has 1 aromatic carbocycles. The van der Waals surface area contributed by atoms with Crippen LogP contribution in [-0.4, -0.2) is 33.5 Å². The van der Waals surface area contributed by atoms with Crippen LogP contribution in [0.5, 0.6) is 0 Å². The minimum Gasteiger partial charge on any atom is -0.440 e. The molecule has 20 heavy (non-hydrogen) atoms. The van der Waals surface area contributed by atoms with Gasteiger partial charge < -0.3 is 4.74 Å². The zero-order valence-corrected chi connectivity index (χ0v) is 11.4. The van der Waals surface area contributed by atoms with Crippen LogP contribution in [0.3, 0.4) is 0 Å². The summed E-state index contributed by atoms with van der Waals surface area (Å²) in [6.07, 6.45) is -4.96. The minimum atomic E-state index is -4.62. The van der Waals surface area contributed by atoms with Gasteiger partial charge in [0.15, 0.2) is 16.4 Å². The van der Waals surface area contributed by atoms with Crippen LogP contribution in [0.15, 0.2) is 23.1 Å². The third-order valence-corrected chi connectivity index (χ3v) is 3.35. The highest BCUT2D eigenvalue weighted by Gasteiger charge is 2.29. The number of sulfone groups is 1. The summed E-state index contributed by atoms with van der Waals surface area (Å²) in [5.41, 5.74) is 0.557. The summed E-state index contributed by atoms with van der Waals surface area (Å²) in [5, 5.41) is 2.07. The molecule has 0 radical (unpaired) electrons. The second kappa shape index (κ2) is 5.70. The number of alkyl halides is 3. The Morgan fingerprint density at radius 1 is 1.35 bits per heavy atom. The smallest absolute Gasteiger partial charge is 0.422 e. The van der Waals surface area contributed by atoms with Gasteiger partial charge in [-0.15, -0.1) is 0 Å². The van der Waals surface area contributed by atoms with Crippen molar-refractivity contribution in [3.8, 4) is 0 Å². The highest BCUT2D eigenvalue weighted by atomic mass is 32.2. The average Bonchev–Trinajstić information content (AvgIpc) is 2.27. The molecule has 112 valence electrons. The fourth-order valence-electron chi connectivity index (χ4n) is 1.26. The number of carbonyl (C=O) groups is 1. The normalized spacial score (nSPS) is 12.1.